The van der Waals surface area contributed by atoms with Gasteiger partial charge in [-0.05, 0) is 48.7 Å². The van der Waals surface area contributed by atoms with Crippen LogP contribution < -0.4 is 10.2 Å². The second-order valence-corrected chi connectivity index (χ2v) is 8.14. The smallest absolute Gasteiger partial charge is 0.162 e. The molecule has 3 aromatic heterocycles. The molecule has 0 bridgehead atoms. The Morgan fingerprint density at radius 1 is 0.758 bits per heavy atom. The lowest BCUT2D eigenvalue weighted by Crippen LogP contribution is -2.10. The average molecular weight is 429 g/mol. The van der Waals surface area contributed by atoms with E-state index in [0.717, 1.165) is 61.3 Å². The molecule has 5 heteroatoms. The van der Waals surface area contributed by atoms with Gasteiger partial charge < -0.3 is 19.1 Å². The van der Waals surface area contributed by atoms with Crippen LogP contribution >= 0.6 is 0 Å². The summed E-state index contributed by atoms with van der Waals surface area (Å²) < 4.78 is 12.4. The molecule has 5 nitrogen and oxygen atoms in total. The van der Waals surface area contributed by atoms with Crippen LogP contribution in [0.25, 0.3) is 39.0 Å². The van der Waals surface area contributed by atoms with Crippen molar-refractivity contribution in [2.45, 2.75) is 6.54 Å². The lowest BCUT2D eigenvalue weighted by molar-refractivity contribution is 0.532. The number of nitrogens with zero attached hydrogens (tertiary/aromatic N) is 2. The fourth-order valence-corrected chi connectivity index (χ4v) is 4.69. The molecule has 0 fully saturated rings. The molecule has 158 valence electrons. The lowest BCUT2D eigenvalue weighted by Gasteiger charge is -2.25. The third-order valence-corrected chi connectivity index (χ3v) is 6.20. The maximum Gasteiger partial charge on any atom is 0.162 e. The second kappa shape index (κ2) is 7.00. The van der Waals surface area contributed by atoms with E-state index in [-0.39, 0.29) is 0 Å². The van der Waals surface area contributed by atoms with Crippen LogP contribution in [0.15, 0.2) is 100 Å². The van der Waals surface area contributed by atoms with Crippen molar-refractivity contribution < 1.29 is 8.83 Å². The molecule has 33 heavy (non-hydrogen) atoms. The van der Waals surface area contributed by atoms with E-state index in [1.807, 2.05) is 61.1 Å². The van der Waals surface area contributed by atoms with Gasteiger partial charge in [0.25, 0.3) is 0 Å². The predicted molar refractivity (Wildman–Crippen MR) is 132 cm³/mol. The van der Waals surface area contributed by atoms with Gasteiger partial charge in [0.05, 0.1) is 12.7 Å². The number of rotatable bonds is 3. The maximum absolute atomic E-state index is 6.35. The Morgan fingerprint density at radius 2 is 1.61 bits per heavy atom. The Hall–Kier alpha value is -4.51. The van der Waals surface area contributed by atoms with Crippen LogP contribution in [0.1, 0.15) is 11.3 Å². The summed E-state index contributed by atoms with van der Waals surface area (Å²) in [5.41, 5.74) is 6.60. The van der Waals surface area contributed by atoms with Crippen molar-refractivity contribution in [2.24, 2.45) is 0 Å². The molecule has 1 aliphatic rings. The van der Waals surface area contributed by atoms with Crippen LogP contribution in [0.4, 0.5) is 17.1 Å². The number of pyridine rings is 1. The minimum atomic E-state index is 0.695. The topological polar surface area (TPSA) is 54.4 Å². The number of aromatic nitrogens is 1. The van der Waals surface area contributed by atoms with E-state index >= 15 is 0 Å². The monoisotopic (exact) mass is 429 g/mol. The van der Waals surface area contributed by atoms with Gasteiger partial charge in [0.2, 0.25) is 0 Å². The zero-order valence-electron chi connectivity index (χ0n) is 17.7. The molecule has 0 unspecified atom stereocenters. The molecule has 0 aliphatic carbocycles. The van der Waals surface area contributed by atoms with Crippen molar-refractivity contribution in [3.8, 4) is 0 Å². The Bertz CT molecular complexity index is 1680. The Balaban J connectivity index is 1.51. The Labute approximate surface area is 189 Å². The number of fused-ring (bicyclic) bond motifs is 6. The molecule has 0 atom stereocenters. The van der Waals surface area contributed by atoms with Gasteiger partial charge in [-0.3, -0.25) is 4.98 Å². The summed E-state index contributed by atoms with van der Waals surface area (Å²) in [6, 6.07) is 24.7. The third kappa shape index (κ3) is 2.76. The van der Waals surface area contributed by atoms with Crippen molar-refractivity contribution in [3.05, 3.63) is 103 Å². The van der Waals surface area contributed by atoms with Gasteiger partial charge in [-0.25, -0.2) is 0 Å². The SMILES string of the molecule is C1=Cc2c(oc3ccc(N(c4ccccc4)c4cncc5c4oc4ccccc45)cc23)CN1. The summed E-state index contributed by atoms with van der Waals surface area (Å²) in [6.45, 7) is 0.695. The summed E-state index contributed by atoms with van der Waals surface area (Å²) in [6.07, 6.45) is 7.79. The first-order valence-electron chi connectivity index (χ1n) is 10.9. The quantitative estimate of drug-likeness (QED) is 0.321. The summed E-state index contributed by atoms with van der Waals surface area (Å²) in [4.78, 5) is 6.79. The van der Waals surface area contributed by atoms with Crippen LogP contribution in [-0.2, 0) is 6.54 Å². The fourth-order valence-electron chi connectivity index (χ4n) is 4.69. The maximum atomic E-state index is 6.35. The number of furan rings is 2. The minimum Gasteiger partial charge on any atom is -0.459 e. The summed E-state index contributed by atoms with van der Waals surface area (Å²) in [5, 5.41) is 6.37. The first kappa shape index (κ1) is 18.1. The first-order chi connectivity index (χ1) is 16.4. The van der Waals surface area contributed by atoms with E-state index in [4.69, 9.17) is 8.83 Å². The molecule has 6 aromatic rings. The third-order valence-electron chi connectivity index (χ3n) is 6.20. The summed E-state index contributed by atoms with van der Waals surface area (Å²) in [5.74, 6) is 0.956. The molecular weight excluding hydrogens is 410 g/mol. The van der Waals surface area contributed by atoms with Crippen molar-refractivity contribution >= 4 is 56.0 Å². The molecular formula is C28H19N3O2. The van der Waals surface area contributed by atoms with Crippen molar-refractivity contribution in [1.29, 1.82) is 0 Å². The molecule has 7 rings (SSSR count). The van der Waals surface area contributed by atoms with Crippen LogP contribution in [-0.4, -0.2) is 4.98 Å². The number of anilines is 3. The Kier molecular flexibility index (Phi) is 3.84. The second-order valence-electron chi connectivity index (χ2n) is 8.14. The van der Waals surface area contributed by atoms with Crippen LogP contribution in [0.2, 0.25) is 0 Å². The molecule has 1 aliphatic heterocycles. The van der Waals surface area contributed by atoms with E-state index in [1.165, 1.54) is 0 Å². The minimum absolute atomic E-state index is 0.695. The van der Waals surface area contributed by atoms with Crippen LogP contribution in [0, 0.1) is 0 Å². The highest BCUT2D eigenvalue weighted by Gasteiger charge is 2.21. The van der Waals surface area contributed by atoms with E-state index < -0.39 is 0 Å². The average Bonchev–Trinajstić information content (AvgIpc) is 3.44. The molecule has 1 N–H and O–H groups in total. The lowest BCUT2D eigenvalue weighted by atomic mass is 10.1. The van der Waals surface area contributed by atoms with Crippen molar-refractivity contribution in [1.82, 2.24) is 10.3 Å². The first-order valence-corrected chi connectivity index (χ1v) is 10.9. The number of hydrogen-bond donors (Lipinski definition) is 1. The van der Waals surface area contributed by atoms with E-state index in [9.17, 15) is 0 Å². The highest BCUT2D eigenvalue weighted by Crippen LogP contribution is 2.42. The largest absolute Gasteiger partial charge is 0.459 e. The van der Waals surface area contributed by atoms with Crippen LogP contribution in [0.5, 0.6) is 0 Å². The van der Waals surface area contributed by atoms with Crippen molar-refractivity contribution in [2.75, 3.05) is 4.90 Å². The summed E-state index contributed by atoms with van der Waals surface area (Å²) in [7, 11) is 0. The Morgan fingerprint density at radius 3 is 2.55 bits per heavy atom. The van der Waals surface area contributed by atoms with Gasteiger partial charge in [0.1, 0.15) is 22.6 Å². The molecule has 0 saturated heterocycles. The highest BCUT2D eigenvalue weighted by molar-refractivity contribution is 6.10. The van der Waals surface area contributed by atoms with Gasteiger partial charge in [-0.1, -0.05) is 36.4 Å². The molecule has 0 amide bonds. The molecule has 3 aromatic carbocycles. The summed E-state index contributed by atoms with van der Waals surface area (Å²) >= 11 is 0. The van der Waals surface area contributed by atoms with Gasteiger partial charge in [-0.2, -0.15) is 0 Å². The number of benzene rings is 3. The van der Waals surface area contributed by atoms with Gasteiger partial charge >= 0.3 is 0 Å². The standard InChI is InChI=1S/C28H19N3O2/c1-2-6-18(7-3-1)31(19-10-11-26-22(14-19)21-12-13-29-17-27(21)32-26)24-16-30-15-23-20-8-4-5-9-25(20)33-28(23)24/h1-16,29H,17H2. The number of nitrogens with one attached hydrogen (secondary N) is 1. The highest BCUT2D eigenvalue weighted by atomic mass is 16.3. The number of para-hydroxylation sites is 2. The van der Waals surface area contributed by atoms with E-state index in [2.05, 4.69) is 51.6 Å². The predicted octanol–water partition coefficient (Wildman–Crippen LogP) is 7.27. The van der Waals surface area contributed by atoms with Gasteiger partial charge in [-0.15, -0.1) is 0 Å². The van der Waals surface area contributed by atoms with E-state index in [0.29, 0.717) is 6.54 Å². The molecule has 0 radical (unpaired) electrons. The zero-order chi connectivity index (χ0) is 21.8. The van der Waals surface area contributed by atoms with Crippen molar-refractivity contribution in [3.63, 3.8) is 0 Å². The van der Waals surface area contributed by atoms with Gasteiger partial charge in [0.15, 0.2) is 5.58 Å². The zero-order valence-corrected chi connectivity index (χ0v) is 17.7. The van der Waals surface area contributed by atoms with Crippen LogP contribution in [0.3, 0.4) is 0 Å². The van der Waals surface area contributed by atoms with E-state index in [1.54, 1.807) is 0 Å². The number of hydrogen-bond acceptors (Lipinski definition) is 5. The fraction of sp³-hybridized carbons (Fsp3) is 0.0357. The molecule has 4 heterocycles. The molecule has 0 saturated carbocycles. The molecule has 0 spiro atoms. The van der Waals surface area contributed by atoms with Gasteiger partial charge in [0, 0.05) is 39.3 Å². The normalized spacial score (nSPS) is 12.8.